The maximum atomic E-state index is 15.1. The van der Waals surface area contributed by atoms with Crippen LogP contribution in [0, 0.1) is 17.6 Å². The van der Waals surface area contributed by atoms with Gasteiger partial charge in [-0.3, -0.25) is 0 Å². The van der Waals surface area contributed by atoms with E-state index in [-0.39, 0.29) is 28.4 Å². The number of allylic oxidation sites excluding steroid dienone is 5. The van der Waals surface area contributed by atoms with E-state index in [1.54, 1.807) is 9.35 Å². The van der Waals surface area contributed by atoms with Crippen LogP contribution in [0.1, 0.15) is 48.0 Å². The van der Waals surface area contributed by atoms with Crippen LogP contribution < -0.4 is 24.8 Å². The van der Waals surface area contributed by atoms with Crippen LogP contribution in [-0.2, 0) is 20.4 Å². The predicted molar refractivity (Wildman–Crippen MR) is 120 cm³/mol. The molecule has 0 N–H and O–H groups in total. The van der Waals surface area contributed by atoms with Gasteiger partial charge in [0.1, 0.15) is 0 Å². The van der Waals surface area contributed by atoms with Crippen molar-refractivity contribution in [3.05, 3.63) is 96.9 Å². The number of hydrogen-bond donors (Lipinski definition) is 0. The Bertz CT molecular complexity index is 1180. The zero-order valence-electron chi connectivity index (χ0n) is 19.3. The number of rotatable bonds is 3. The summed E-state index contributed by atoms with van der Waals surface area (Å²) in [6.07, 6.45) is 2.30. The average molecular weight is 569 g/mol. The van der Waals surface area contributed by atoms with Gasteiger partial charge in [0.25, 0.3) is 0 Å². The summed E-state index contributed by atoms with van der Waals surface area (Å²) in [5.41, 5.74) is 7.24. The fourth-order valence-electron chi connectivity index (χ4n) is 5.11. The van der Waals surface area contributed by atoms with Gasteiger partial charge < -0.3 is 24.8 Å². The molecule has 0 amide bonds. The van der Waals surface area contributed by atoms with E-state index in [0.29, 0.717) is 11.5 Å². The zero-order valence-corrected chi connectivity index (χ0v) is 24.3. The maximum absolute atomic E-state index is 15.1. The van der Waals surface area contributed by atoms with Crippen LogP contribution in [0.5, 0.6) is 0 Å². The van der Waals surface area contributed by atoms with E-state index in [4.69, 9.17) is 0 Å². The summed E-state index contributed by atoms with van der Waals surface area (Å²) in [4.78, 5) is 0. The van der Waals surface area contributed by atoms with Crippen molar-refractivity contribution in [2.75, 3.05) is 0 Å². The second-order valence-electron chi connectivity index (χ2n) is 8.76. The zero-order chi connectivity index (χ0) is 21.7. The number of halogens is 4. The summed E-state index contributed by atoms with van der Waals surface area (Å²) in [5, 5.41) is 0. The second-order valence-corrected chi connectivity index (χ2v) is 26.2. The number of hydrogen-bond acceptors (Lipinski definition) is 0. The molecule has 0 aromatic heterocycles. The largest absolute Gasteiger partial charge is 1.00 e. The Hall–Kier alpha value is -0.800. The molecule has 168 valence electrons. The van der Waals surface area contributed by atoms with Crippen LogP contribution in [0.25, 0.3) is 5.57 Å². The summed E-state index contributed by atoms with van der Waals surface area (Å²) in [7, 11) is 0. The van der Waals surface area contributed by atoms with E-state index >= 15 is 4.39 Å². The van der Waals surface area contributed by atoms with Crippen molar-refractivity contribution < 1.29 is 54.0 Å². The smallest absolute Gasteiger partial charge is 1.00 e. The Morgan fingerprint density at radius 2 is 1.53 bits per heavy atom. The third kappa shape index (κ3) is 4.58. The monoisotopic (exact) mass is 566 g/mol. The van der Waals surface area contributed by atoms with Crippen LogP contribution in [-0.4, -0.2) is 5.43 Å². The topological polar surface area (TPSA) is 0 Å². The molecule has 0 fully saturated rings. The Balaban J connectivity index is 0.00000181. The van der Waals surface area contributed by atoms with Gasteiger partial charge in [-0.1, -0.05) is 0 Å². The summed E-state index contributed by atoms with van der Waals surface area (Å²) < 4.78 is 31.4. The summed E-state index contributed by atoms with van der Waals surface area (Å²) in [6, 6.07) is 12.7. The molecule has 0 aliphatic heterocycles. The first kappa shape index (κ1) is 27.4. The Kier molecular flexibility index (Phi) is 9.12. The predicted octanol–water partition coefficient (Wildman–Crippen LogP) is 1.59. The van der Waals surface area contributed by atoms with Crippen molar-refractivity contribution >= 4 is 11.0 Å². The van der Waals surface area contributed by atoms with Crippen molar-refractivity contribution in [1.82, 2.24) is 0 Å². The molecule has 0 radical (unpaired) electrons. The molecule has 32 heavy (non-hydrogen) atoms. The molecule has 2 aliphatic rings. The molecule has 2 aromatic carbocycles. The molecule has 0 nitrogen and oxygen atoms in total. The van der Waals surface area contributed by atoms with E-state index in [9.17, 15) is 4.39 Å². The van der Waals surface area contributed by atoms with Crippen molar-refractivity contribution in [2.45, 2.75) is 44.4 Å². The maximum Gasteiger partial charge on any atom is -1.00 e. The van der Waals surface area contributed by atoms with Gasteiger partial charge in [0, 0.05) is 0 Å². The standard InChI is InChI=1S/C15H9F2.C9H13.C2H6Si.2ClH.Zr/c16-12-8-11-6-7-13(15(11)14(17)9-12)10-4-2-1-3-5-10;1-6-5-7(2)9(4)8(6)3;1-3-2;;;/h1-9H;6H,1-4H3;1-2H3;2*1H;/q;;;;;+2/p-2. The van der Waals surface area contributed by atoms with Gasteiger partial charge in [0.15, 0.2) is 0 Å². The molecule has 0 heterocycles. The molecule has 0 saturated heterocycles. The minimum atomic E-state index is -2.27. The molecular formula is C26H28Cl2F2SiZr. The van der Waals surface area contributed by atoms with Gasteiger partial charge in [-0.05, 0) is 0 Å². The van der Waals surface area contributed by atoms with Crippen LogP contribution in [0.15, 0.2) is 68.5 Å². The summed E-state index contributed by atoms with van der Waals surface area (Å²) in [5.74, 6) is -0.421. The third-order valence-electron chi connectivity index (χ3n) is 6.89. The fourth-order valence-corrected chi connectivity index (χ4v) is 24.7. The molecule has 2 atom stereocenters. The fraction of sp³-hybridized carbons (Fsp3) is 0.308. The minimum Gasteiger partial charge on any atom is -1.00 e. The van der Waals surface area contributed by atoms with Crippen LogP contribution in [0.4, 0.5) is 8.78 Å². The Morgan fingerprint density at radius 1 is 0.906 bits per heavy atom. The van der Waals surface area contributed by atoms with Crippen LogP contribution in [0.2, 0.25) is 13.1 Å². The van der Waals surface area contributed by atoms with Crippen LogP contribution >= 0.6 is 0 Å². The Morgan fingerprint density at radius 3 is 2.06 bits per heavy atom. The SMILES string of the molecule is CC1=C(C)C(C)[C]([Zr+2]([CH]2C=C(c3ccccc3)c3c(F)cc(F)cc32)=[Si](C)C)=C1C.[Cl-].[Cl-]. The van der Waals surface area contributed by atoms with E-state index in [1.807, 2.05) is 30.3 Å². The van der Waals surface area contributed by atoms with Gasteiger partial charge in [0.2, 0.25) is 0 Å². The molecule has 2 unspecified atom stereocenters. The molecule has 0 spiro atoms. The first-order valence-corrected chi connectivity index (χ1v) is 19.4. The second kappa shape index (κ2) is 10.6. The molecule has 2 aliphatic carbocycles. The first-order valence-electron chi connectivity index (χ1n) is 10.5. The van der Waals surface area contributed by atoms with E-state index in [1.165, 1.54) is 16.7 Å². The van der Waals surface area contributed by atoms with Crippen molar-refractivity contribution in [1.29, 1.82) is 0 Å². The quantitative estimate of drug-likeness (QED) is 0.494. The van der Waals surface area contributed by atoms with Crippen molar-refractivity contribution in [3.8, 4) is 0 Å². The van der Waals surface area contributed by atoms with Gasteiger partial charge >= 0.3 is 187 Å². The molecular weight excluding hydrogens is 540 g/mol. The first-order chi connectivity index (χ1) is 14.2. The summed E-state index contributed by atoms with van der Waals surface area (Å²) >= 11 is -2.27. The van der Waals surface area contributed by atoms with E-state index < -0.39 is 37.4 Å². The van der Waals surface area contributed by atoms with Gasteiger partial charge in [-0.25, -0.2) is 0 Å². The number of benzene rings is 2. The van der Waals surface area contributed by atoms with E-state index in [0.717, 1.165) is 22.8 Å². The van der Waals surface area contributed by atoms with Crippen LogP contribution in [0.3, 0.4) is 0 Å². The van der Waals surface area contributed by atoms with E-state index in [2.05, 4.69) is 46.9 Å². The van der Waals surface area contributed by atoms with Gasteiger partial charge in [-0.15, -0.1) is 0 Å². The summed E-state index contributed by atoms with van der Waals surface area (Å²) in [6.45, 7) is 13.9. The Labute approximate surface area is 210 Å². The molecule has 2 aromatic rings. The normalized spacial score (nSPS) is 19.0. The van der Waals surface area contributed by atoms with Crippen molar-refractivity contribution in [2.24, 2.45) is 5.92 Å². The molecule has 0 saturated carbocycles. The molecule has 4 rings (SSSR count). The average Bonchev–Trinajstić information content (AvgIpc) is 3.16. The van der Waals surface area contributed by atoms with Gasteiger partial charge in [0.05, 0.1) is 0 Å². The molecule has 0 bridgehead atoms. The number of fused-ring (bicyclic) bond motifs is 1. The van der Waals surface area contributed by atoms with Gasteiger partial charge in [-0.2, -0.15) is 0 Å². The molecule has 6 heteroatoms. The minimum absolute atomic E-state index is 0. The van der Waals surface area contributed by atoms with Crippen molar-refractivity contribution in [3.63, 3.8) is 0 Å². The third-order valence-corrected chi connectivity index (χ3v) is 25.5.